The van der Waals surface area contributed by atoms with Gasteiger partial charge in [0.1, 0.15) is 0 Å². The lowest BCUT2D eigenvalue weighted by molar-refractivity contribution is -0.267. The van der Waals surface area contributed by atoms with Gasteiger partial charge < -0.3 is 5.11 Å². The summed E-state index contributed by atoms with van der Waals surface area (Å²) in [7, 11) is 0. The molecule has 3 aliphatic carbocycles. The van der Waals surface area contributed by atoms with Crippen LogP contribution in [-0.4, -0.2) is 10.7 Å². The van der Waals surface area contributed by atoms with Crippen LogP contribution >= 0.6 is 0 Å². The van der Waals surface area contributed by atoms with E-state index in [0.29, 0.717) is 10.8 Å². The molecule has 16 heavy (non-hydrogen) atoms. The van der Waals surface area contributed by atoms with E-state index in [2.05, 4.69) is 27.7 Å². The van der Waals surface area contributed by atoms with Gasteiger partial charge in [0.15, 0.2) is 0 Å². The first-order valence-electron chi connectivity index (χ1n) is 6.98. The molecule has 0 aromatic carbocycles. The number of rotatable bonds is 0. The van der Waals surface area contributed by atoms with Crippen molar-refractivity contribution >= 4 is 0 Å². The Morgan fingerprint density at radius 2 is 1.69 bits per heavy atom. The van der Waals surface area contributed by atoms with Crippen LogP contribution in [0.25, 0.3) is 0 Å². The molecule has 0 bridgehead atoms. The molecule has 1 heteroatoms. The summed E-state index contributed by atoms with van der Waals surface area (Å²) in [5, 5.41) is 10.9. The molecule has 92 valence electrons. The minimum absolute atomic E-state index is 0.252. The predicted octanol–water partition coefficient (Wildman–Crippen LogP) is 3.75. The first-order valence-corrected chi connectivity index (χ1v) is 6.98. The minimum Gasteiger partial charge on any atom is -0.390 e. The molecule has 0 aromatic rings. The largest absolute Gasteiger partial charge is 0.390 e. The van der Waals surface area contributed by atoms with E-state index in [9.17, 15) is 5.11 Å². The Hall–Kier alpha value is -0.0400. The third-order valence-electron chi connectivity index (χ3n) is 6.69. The molecule has 0 radical (unpaired) electrons. The fraction of sp³-hybridized carbons (Fsp3) is 1.00. The van der Waals surface area contributed by atoms with Gasteiger partial charge in [-0.05, 0) is 55.8 Å². The fourth-order valence-corrected chi connectivity index (χ4v) is 6.07. The van der Waals surface area contributed by atoms with E-state index in [1.165, 1.54) is 32.1 Å². The highest BCUT2D eigenvalue weighted by molar-refractivity contribution is 5.24. The molecule has 3 saturated carbocycles. The average Bonchev–Trinajstić information content (AvgIpc) is 2.36. The molecule has 4 unspecified atom stereocenters. The van der Waals surface area contributed by atoms with E-state index >= 15 is 0 Å². The van der Waals surface area contributed by atoms with Crippen molar-refractivity contribution in [2.24, 2.45) is 22.2 Å². The summed E-state index contributed by atoms with van der Waals surface area (Å²) >= 11 is 0. The van der Waals surface area contributed by atoms with Gasteiger partial charge in [0.05, 0.1) is 5.60 Å². The minimum atomic E-state index is -0.406. The smallest absolute Gasteiger partial charge is 0.0684 e. The van der Waals surface area contributed by atoms with Crippen LogP contribution in [0.15, 0.2) is 0 Å². The Kier molecular flexibility index (Phi) is 1.86. The molecule has 0 amide bonds. The van der Waals surface area contributed by atoms with Crippen molar-refractivity contribution in [3.8, 4) is 0 Å². The van der Waals surface area contributed by atoms with Crippen LogP contribution < -0.4 is 0 Å². The molecule has 3 aliphatic rings. The third-order valence-corrected chi connectivity index (χ3v) is 6.69. The number of aliphatic hydroxyl groups is 1. The van der Waals surface area contributed by atoms with Crippen LogP contribution in [0, 0.1) is 22.2 Å². The second-order valence-corrected chi connectivity index (χ2v) is 7.92. The van der Waals surface area contributed by atoms with Gasteiger partial charge >= 0.3 is 0 Å². The van der Waals surface area contributed by atoms with Crippen molar-refractivity contribution in [1.29, 1.82) is 0 Å². The van der Waals surface area contributed by atoms with E-state index < -0.39 is 5.60 Å². The summed E-state index contributed by atoms with van der Waals surface area (Å²) in [6, 6.07) is 0. The van der Waals surface area contributed by atoms with Gasteiger partial charge in [-0.25, -0.2) is 0 Å². The topological polar surface area (TPSA) is 20.2 Å². The molecule has 1 spiro atoms. The molecule has 1 nitrogen and oxygen atoms in total. The summed E-state index contributed by atoms with van der Waals surface area (Å²) in [5.41, 5.74) is 0.743. The second kappa shape index (κ2) is 2.68. The van der Waals surface area contributed by atoms with Crippen molar-refractivity contribution in [2.45, 2.75) is 71.8 Å². The monoisotopic (exact) mass is 222 g/mol. The molecule has 0 heterocycles. The molecule has 3 rings (SSSR count). The molecule has 0 saturated heterocycles. The summed E-state index contributed by atoms with van der Waals surface area (Å²) < 4.78 is 0. The summed E-state index contributed by atoms with van der Waals surface area (Å²) in [6.07, 6.45) is 7.52. The van der Waals surface area contributed by atoms with Gasteiger partial charge in [0.25, 0.3) is 0 Å². The zero-order valence-electron chi connectivity index (χ0n) is 11.3. The number of hydrogen-bond acceptors (Lipinski definition) is 1. The molecule has 4 atom stereocenters. The SMILES string of the molecule is CC1(C)CC23C1CCC2(C)CCCC3(C)O. The Morgan fingerprint density at radius 1 is 1.00 bits per heavy atom. The Bertz CT molecular complexity index is 330. The van der Waals surface area contributed by atoms with E-state index in [1.54, 1.807) is 0 Å². The molecular weight excluding hydrogens is 196 g/mol. The predicted molar refractivity (Wildman–Crippen MR) is 66.1 cm³/mol. The summed E-state index contributed by atoms with van der Waals surface area (Å²) in [6.45, 7) is 9.38. The van der Waals surface area contributed by atoms with Crippen molar-refractivity contribution < 1.29 is 5.11 Å². The van der Waals surface area contributed by atoms with Crippen LogP contribution in [0.4, 0.5) is 0 Å². The highest BCUT2D eigenvalue weighted by Crippen LogP contribution is 2.79. The highest BCUT2D eigenvalue weighted by Gasteiger charge is 2.75. The summed E-state index contributed by atoms with van der Waals surface area (Å²) in [4.78, 5) is 0. The van der Waals surface area contributed by atoms with Crippen molar-refractivity contribution in [2.75, 3.05) is 0 Å². The van der Waals surface area contributed by atoms with Gasteiger partial charge in [0, 0.05) is 5.41 Å². The van der Waals surface area contributed by atoms with Crippen LogP contribution in [0.2, 0.25) is 0 Å². The molecular formula is C15H26O. The maximum Gasteiger partial charge on any atom is 0.0684 e. The van der Waals surface area contributed by atoms with Gasteiger partial charge in [-0.15, -0.1) is 0 Å². The number of hydrogen-bond donors (Lipinski definition) is 1. The third kappa shape index (κ3) is 0.939. The van der Waals surface area contributed by atoms with Crippen LogP contribution in [0.5, 0.6) is 0 Å². The summed E-state index contributed by atoms with van der Waals surface area (Å²) in [5.74, 6) is 0.764. The van der Waals surface area contributed by atoms with Gasteiger partial charge in [-0.1, -0.05) is 27.2 Å². The zero-order chi connectivity index (χ0) is 11.8. The first-order chi connectivity index (χ1) is 7.25. The lowest BCUT2D eigenvalue weighted by atomic mass is 9.35. The quantitative estimate of drug-likeness (QED) is 0.662. The lowest BCUT2D eigenvalue weighted by Crippen LogP contribution is -2.68. The van der Waals surface area contributed by atoms with Crippen molar-refractivity contribution in [1.82, 2.24) is 0 Å². The second-order valence-electron chi connectivity index (χ2n) is 7.92. The van der Waals surface area contributed by atoms with Crippen LogP contribution in [-0.2, 0) is 0 Å². The maximum atomic E-state index is 10.9. The van der Waals surface area contributed by atoms with E-state index in [-0.39, 0.29) is 5.41 Å². The Balaban J connectivity index is 2.08. The standard InChI is InChI=1S/C15H26O/c1-12(2)10-15-11(12)6-9-13(15,3)7-5-8-14(15,4)16/h11,16H,5-10H2,1-4H3. The van der Waals surface area contributed by atoms with Crippen LogP contribution in [0.3, 0.4) is 0 Å². The molecule has 0 aliphatic heterocycles. The highest BCUT2D eigenvalue weighted by atomic mass is 16.3. The van der Waals surface area contributed by atoms with E-state index in [4.69, 9.17) is 0 Å². The van der Waals surface area contributed by atoms with Crippen molar-refractivity contribution in [3.05, 3.63) is 0 Å². The molecule has 0 aromatic heterocycles. The maximum absolute atomic E-state index is 10.9. The van der Waals surface area contributed by atoms with Gasteiger partial charge in [-0.2, -0.15) is 0 Å². The van der Waals surface area contributed by atoms with Gasteiger partial charge in [-0.3, -0.25) is 0 Å². The fourth-order valence-electron chi connectivity index (χ4n) is 6.07. The van der Waals surface area contributed by atoms with Gasteiger partial charge in [0.2, 0.25) is 0 Å². The Labute approximate surface area is 99.6 Å². The zero-order valence-corrected chi connectivity index (χ0v) is 11.3. The normalized spacial score (nSPS) is 58.7. The van der Waals surface area contributed by atoms with E-state index in [0.717, 1.165) is 12.3 Å². The van der Waals surface area contributed by atoms with Crippen molar-refractivity contribution in [3.63, 3.8) is 0 Å². The Morgan fingerprint density at radius 3 is 2.31 bits per heavy atom. The first kappa shape index (κ1) is 11.1. The lowest BCUT2D eigenvalue weighted by Gasteiger charge is -2.70. The van der Waals surface area contributed by atoms with Crippen LogP contribution in [0.1, 0.15) is 66.2 Å². The molecule has 3 fully saturated rings. The average molecular weight is 222 g/mol. The van der Waals surface area contributed by atoms with E-state index in [1.807, 2.05) is 0 Å². The molecule has 1 N–H and O–H groups in total.